The van der Waals surface area contributed by atoms with E-state index in [2.05, 4.69) is 45.2 Å². The van der Waals surface area contributed by atoms with Crippen molar-refractivity contribution in [3.8, 4) is 0 Å². The molecule has 32 heavy (non-hydrogen) atoms. The minimum atomic E-state index is -3.23. The fourth-order valence-electron chi connectivity index (χ4n) is 3.53. The average Bonchev–Trinajstić information content (AvgIpc) is 3.28. The van der Waals surface area contributed by atoms with Crippen LogP contribution in [0.5, 0.6) is 0 Å². The smallest absolute Gasteiger partial charge is 0.195 e. The van der Waals surface area contributed by atoms with E-state index in [0.29, 0.717) is 11.4 Å². The molecule has 0 aliphatic carbocycles. The summed E-state index contributed by atoms with van der Waals surface area (Å²) in [5.74, 6) is 0.794. The lowest BCUT2D eigenvalue weighted by atomic mass is 9.98. The lowest BCUT2D eigenvalue weighted by molar-refractivity contribution is 0.599. The molecule has 6 nitrogen and oxygen atoms in total. The van der Waals surface area contributed by atoms with Gasteiger partial charge in [-0.25, -0.2) is 8.42 Å². The van der Waals surface area contributed by atoms with Crippen molar-refractivity contribution in [3.63, 3.8) is 0 Å². The molecule has 1 atom stereocenters. The Morgan fingerprint density at radius 2 is 1.56 bits per heavy atom. The van der Waals surface area contributed by atoms with Crippen LogP contribution in [-0.2, 0) is 16.4 Å². The zero-order valence-electron chi connectivity index (χ0n) is 17.8. The van der Waals surface area contributed by atoms with Crippen LogP contribution in [0, 0.1) is 0 Å². The van der Waals surface area contributed by atoms with Crippen molar-refractivity contribution in [2.45, 2.75) is 17.5 Å². The Balaban J connectivity index is 0.00000289. The van der Waals surface area contributed by atoms with Crippen LogP contribution in [-0.4, -0.2) is 33.7 Å². The number of rotatable bonds is 7. The Bertz CT molecular complexity index is 1150. The molecule has 0 spiro atoms. The third-order valence-corrected chi connectivity index (χ3v) is 6.30. The number of anilines is 1. The number of hydrogen-bond acceptors (Lipinski definition) is 6. The van der Waals surface area contributed by atoms with E-state index in [1.165, 1.54) is 11.8 Å². The molecule has 1 heterocycles. The van der Waals surface area contributed by atoms with Crippen molar-refractivity contribution in [3.05, 3.63) is 95.6 Å². The Morgan fingerprint density at radius 3 is 2.12 bits per heavy atom. The Kier molecular flexibility index (Phi) is 7.90. The first-order valence-electron chi connectivity index (χ1n) is 10.2. The van der Waals surface area contributed by atoms with Gasteiger partial charge >= 0.3 is 0 Å². The van der Waals surface area contributed by atoms with E-state index in [-0.39, 0.29) is 18.4 Å². The maximum atomic E-state index is 11.8. The normalized spacial score (nSPS) is 14.1. The second-order valence-electron chi connectivity index (χ2n) is 7.54. The van der Waals surface area contributed by atoms with Crippen LogP contribution in [0.4, 0.5) is 5.69 Å². The summed E-state index contributed by atoms with van der Waals surface area (Å²) in [6, 6.07) is 25.4. The molecular formula is C24H27ClN4O2S. The van der Waals surface area contributed by atoms with E-state index >= 15 is 0 Å². The van der Waals surface area contributed by atoms with Crippen LogP contribution in [0.3, 0.4) is 0 Å². The number of hydrogen-bond donors (Lipinski definition) is 3. The minimum absolute atomic E-state index is 0. The number of halogens is 1. The second kappa shape index (κ2) is 10.6. The Labute approximate surface area is 195 Å². The summed E-state index contributed by atoms with van der Waals surface area (Å²) in [6.07, 6.45) is 1.22. The molecule has 8 heteroatoms. The highest BCUT2D eigenvalue weighted by Gasteiger charge is 2.16. The summed E-state index contributed by atoms with van der Waals surface area (Å²) in [5.41, 5.74) is 4.25. The summed E-state index contributed by atoms with van der Waals surface area (Å²) < 4.78 is 23.7. The third-order valence-electron chi connectivity index (χ3n) is 5.18. The van der Waals surface area contributed by atoms with Gasteiger partial charge in [0.2, 0.25) is 0 Å². The molecule has 0 amide bonds. The molecule has 0 fully saturated rings. The topological polar surface area (TPSA) is 82.6 Å². The molecule has 0 aromatic heterocycles. The minimum Gasteiger partial charge on any atom is -0.354 e. The summed E-state index contributed by atoms with van der Waals surface area (Å²) in [4.78, 5) is 4.68. The number of guanidine groups is 1. The van der Waals surface area contributed by atoms with Gasteiger partial charge in [0, 0.05) is 25.0 Å². The third kappa shape index (κ3) is 6.09. The van der Waals surface area contributed by atoms with Crippen molar-refractivity contribution in [1.29, 1.82) is 0 Å². The van der Waals surface area contributed by atoms with Crippen molar-refractivity contribution in [2.75, 3.05) is 24.7 Å². The van der Waals surface area contributed by atoms with Crippen LogP contribution < -0.4 is 16.0 Å². The van der Waals surface area contributed by atoms with Crippen LogP contribution in [0.1, 0.15) is 22.7 Å². The predicted octanol–water partition coefficient (Wildman–Crippen LogP) is 3.76. The molecule has 1 unspecified atom stereocenters. The van der Waals surface area contributed by atoms with Gasteiger partial charge in [-0.05, 0) is 41.0 Å². The molecule has 0 bridgehead atoms. The van der Waals surface area contributed by atoms with Crippen molar-refractivity contribution < 1.29 is 8.42 Å². The highest BCUT2D eigenvalue weighted by Crippen LogP contribution is 2.25. The number of sulfone groups is 1. The molecular weight excluding hydrogens is 444 g/mol. The van der Waals surface area contributed by atoms with Crippen molar-refractivity contribution >= 4 is 33.9 Å². The second-order valence-corrected chi connectivity index (χ2v) is 9.56. The summed E-state index contributed by atoms with van der Waals surface area (Å²) in [5, 5.41) is 10.1. The van der Waals surface area contributed by atoms with Crippen LogP contribution in [0.2, 0.25) is 0 Å². The summed E-state index contributed by atoms with van der Waals surface area (Å²) >= 11 is 0. The molecule has 1 aliphatic heterocycles. The number of nitrogens with one attached hydrogen (secondary N) is 3. The monoisotopic (exact) mass is 470 g/mol. The maximum Gasteiger partial charge on any atom is 0.195 e. The molecule has 3 N–H and O–H groups in total. The van der Waals surface area contributed by atoms with Gasteiger partial charge in [-0.1, -0.05) is 54.6 Å². The molecule has 0 radical (unpaired) electrons. The molecule has 1 aliphatic rings. The van der Waals surface area contributed by atoms with Crippen LogP contribution >= 0.6 is 12.4 Å². The first kappa shape index (κ1) is 23.8. The van der Waals surface area contributed by atoms with Gasteiger partial charge in [0.05, 0.1) is 17.5 Å². The molecule has 168 valence electrons. The first-order valence-corrected chi connectivity index (χ1v) is 12.1. The molecule has 0 saturated carbocycles. The zero-order valence-corrected chi connectivity index (χ0v) is 19.4. The van der Waals surface area contributed by atoms with Gasteiger partial charge in [-0.2, -0.15) is 0 Å². The van der Waals surface area contributed by atoms with Gasteiger partial charge < -0.3 is 16.0 Å². The van der Waals surface area contributed by atoms with Crippen LogP contribution in [0.15, 0.2) is 88.8 Å². The average molecular weight is 471 g/mol. The van der Waals surface area contributed by atoms with Gasteiger partial charge in [-0.3, -0.25) is 4.99 Å². The molecule has 3 aromatic rings. The van der Waals surface area contributed by atoms with Gasteiger partial charge in [0.25, 0.3) is 0 Å². The summed E-state index contributed by atoms with van der Waals surface area (Å²) in [6.45, 7) is 2.34. The molecule has 4 rings (SSSR count). The lowest BCUT2D eigenvalue weighted by Gasteiger charge is -2.21. The highest BCUT2D eigenvalue weighted by molar-refractivity contribution is 7.90. The highest BCUT2D eigenvalue weighted by atomic mass is 35.5. The van der Waals surface area contributed by atoms with E-state index < -0.39 is 9.84 Å². The van der Waals surface area contributed by atoms with E-state index in [1.807, 2.05) is 42.5 Å². The number of nitrogens with zero attached hydrogens (tertiary/aromatic N) is 1. The summed E-state index contributed by atoms with van der Waals surface area (Å²) in [7, 11) is -3.23. The number of benzene rings is 3. The van der Waals surface area contributed by atoms with E-state index in [1.54, 1.807) is 12.1 Å². The predicted molar refractivity (Wildman–Crippen MR) is 132 cm³/mol. The fourth-order valence-corrected chi connectivity index (χ4v) is 4.16. The lowest BCUT2D eigenvalue weighted by Crippen LogP contribution is -2.26. The Hall–Kier alpha value is -2.87. The maximum absolute atomic E-state index is 11.8. The van der Waals surface area contributed by atoms with E-state index in [0.717, 1.165) is 35.9 Å². The fraction of sp³-hybridized carbons (Fsp3) is 0.208. The van der Waals surface area contributed by atoms with Gasteiger partial charge in [0.15, 0.2) is 15.8 Å². The Morgan fingerprint density at radius 1 is 0.938 bits per heavy atom. The largest absolute Gasteiger partial charge is 0.354 e. The van der Waals surface area contributed by atoms with Crippen molar-refractivity contribution in [1.82, 2.24) is 10.6 Å². The SMILES string of the molecule is CS(=O)(=O)c1ccc(C(NCc2ccccc2)c2ccc(NC3=NCCN3)cc2)cc1.Cl. The quantitative estimate of drug-likeness (QED) is 0.489. The standard InChI is InChI=1S/C24H26N4O2S.ClH/c1-31(29,30)22-13-9-20(10-14-22)23(27-17-18-5-3-2-4-6-18)19-7-11-21(12-8-19)28-24-25-15-16-26-24;/h2-14,23,27H,15-17H2,1H3,(H2,25,26,28);1H. The van der Waals surface area contributed by atoms with Gasteiger partial charge in [0.1, 0.15) is 0 Å². The van der Waals surface area contributed by atoms with E-state index in [9.17, 15) is 8.42 Å². The molecule has 3 aromatic carbocycles. The van der Waals surface area contributed by atoms with E-state index in [4.69, 9.17) is 0 Å². The molecule has 0 saturated heterocycles. The van der Waals surface area contributed by atoms with Crippen LogP contribution in [0.25, 0.3) is 0 Å². The first-order chi connectivity index (χ1) is 15.0. The van der Waals surface area contributed by atoms with Crippen molar-refractivity contribution in [2.24, 2.45) is 4.99 Å². The zero-order chi connectivity index (χ0) is 21.7. The number of aliphatic imine (C=N–C) groups is 1. The van der Waals surface area contributed by atoms with Gasteiger partial charge in [-0.15, -0.1) is 12.4 Å².